The molecule has 5 nitrogen and oxygen atoms in total. The molecule has 1 aromatic heterocycles. The molecule has 0 bridgehead atoms. The molecule has 19 heavy (non-hydrogen) atoms. The zero-order valence-corrected chi connectivity index (χ0v) is 12.1. The van der Waals surface area contributed by atoms with Gasteiger partial charge in [-0.1, -0.05) is 6.92 Å². The van der Waals surface area contributed by atoms with E-state index in [0.29, 0.717) is 0 Å². The maximum Gasteiger partial charge on any atom is 0.227 e. The highest BCUT2D eigenvalue weighted by Gasteiger charge is 2.36. The van der Waals surface area contributed by atoms with Gasteiger partial charge in [-0.05, 0) is 18.9 Å². The molecular weight excluding hydrogens is 240 g/mol. The summed E-state index contributed by atoms with van der Waals surface area (Å²) in [6.07, 6.45) is 4.92. The molecule has 0 unspecified atom stereocenters. The number of amides is 1. The normalized spacial score (nSPS) is 22.7. The van der Waals surface area contributed by atoms with Crippen molar-refractivity contribution in [2.45, 2.75) is 26.2 Å². The molecule has 0 saturated carbocycles. The minimum absolute atomic E-state index is 0.0516. The third kappa shape index (κ3) is 2.97. The standard InChI is InChI=1S/C14H24N4O/c1-4-6-18(5-2)14(19)13-9-15-8-12(13)11-7-16-17(3)10-11/h7,10,12-13,15H,4-6,8-9H2,1-3H3/t12-,13+/m1/s1. The Morgan fingerprint density at radius 1 is 1.53 bits per heavy atom. The van der Waals surface area contributed by atoms with E-state index in [9.17, 15) is 4.79 Å². The number of nitrogens with one attached hydrogen (secondary N) is 1. The second-order valence-corrected chi connectivity index (χ2v) is 5.24. The zero-order valence-electron chi connectivity index (χ0n) is 12.1. The average Bonchev–Trinajstić information content (AvgIpc) is 3.03. The Morgan fingerprint density at radius 3 is 2.89 bits per heavy atom. The van der Waals surface area contributed by atoms with Crippen LogP contribution in [0.5, 0.6) is 0 Å². The number of carbonyl (C=O) groups is 1. The third-order valence-corrected chi connectivity index (χ3v) is 3.87. The van der Waals surface area contributed by atoms with Crippen LogP contribution < -0.4 is 5.32 Å². The lowest BCUT2D eigenvalue weighted by atomic mass is 9.89. The second kappa shape index (κ2) is 6.19. The molecule has 1 saturated heterocycles. The third-order valence-electron chi connectivity index (χ3n) is 3.87. The van der Waals surface area contributed by atoms with Crippen LogP contribution in [0.4, 0.5) is 0 Å². The molecule has 1 aliphatic rings. The van der Waals surface area contributed by atoms with Gasteiger partial charge in [-0.3, -0.25) is 9.48 Å². The highest BCUT2D eigenvalue weighted by Crippen LogP contribution is 2.29. The van der Waals surface area contributed by atoms with Crippen molar-refractivity contribution < 1.29 is 4.79 Å². The van der Waals surface area contributed by atoms with Crippen LogP contribution in [0.3, 0.4) is 0 Å². The summed E-state index contributed by atoms with van der Waals surface area (Å²) < 4.78 is 1.80. The minimum Gasteiger partial charge on any atom is -0.343 e. The molecule has 1 amide bonds. The van der Waals surface area contributed by atoms with Crippen molar-refractivity contribution in [3.63, 3.8) is 0 Å². The van der Waals surface area contributed by atoms with Crippen LogP contribution in [0, 0.1) is 5.92 Å². The van der Waals surface area contributed by atoms with Gasteiger partial charge in [-0.2, -0.15) is 5.10 Å². The number of aromatic nitrogens is 2. The Labute approximate surface area is 115 Å². The van der Waals surface area contributed by atoms with E-state index in [1.165, 1.54) is 5.56 Å². The number of hydrogen-bond donors (Lipinski definition) is 1. The maximum atomic E-state index is 12.6. The molecule has 1 aliphatic heterocycles. The van der Waals surface area contributed by atoms with E-state index in [0.717, 1.165) is 32.6 Å². The first-order valence-electron chi connectivity index (χ1n) is 7.15. The largest absolute Gasteiger partial charge is 0.343 e. The number of aryl methyl sites for hydroxylation is 1. The fraction of sp³-hybridized carbons (Fsp3) is 0.714. The molecule has 5 heteroatoms. The number of carbonyl (C=O) groups excluding carboxylic acids is 1. The molecule has 1 aromatic rings. The van der Waals surface area contributed by atoms with Crippen LogP contribution in [-0.2, 0) is 11.8 Å². The first-order chi connectivity index (χ1) is 9.17. The number of rotatable bonds is 5. The molecule has 0 radical (unpaired) electrons. The lowest BCUT2D eigenvalue weighted by Gasteiger charge is -2.26. The van der Waals surface area contributed by atoms with Gasteiger partial charge >= 0.3 is 0 Å². The lowest BCUT2D eigenvalue weighted by molar-refractivity contribution is -0.135. The van der Waals surface area contributed by atoms with Crippen molar-refractivity contribution in [1.29, 1.82) is 0 Å². The highest BCUT2D eigenvalue weighted by atomic mass is 16.2. The molecule has 2 atom stereocenters. The first-order valence-corrected chi connectivity index (χ1v) is 7.15. The van der Waals surface area contributed by atoms with Crippen LogP contribution in [0.1, 0.15) is 31.7 Å². The quantitative estimate of drug-likeness (QED) is 0.862. The Morgan fingerprint density at radius 2 is 2.32 bits per heavy atom. The summed E-state index contributed by atoms with van der Waals surface area (Å²) in [4.78, 5) is 14.6. The van der Waals surface area contributed by atoms with Crippen molar-refractivity contribution in [2.75, 3.05) is 26.2 Å². The van der Waals surface area contributed by atoms with Gasteiger partial charge in [0, 0.05) is 45.3 Å². The summed E-state index contributed by atoms with van der Waals surface area (Å²) in [7, 11) is 1.91. The minimum atomic E-state index is 0.0516. The Kier molecular flexibility index (Phi) is 4.58. The van der Waals surface area contributed by atoms with Crippen LogP contribution in [-0.4, -0.2) is 46.8 Å². The summed E-state index contributed by atoms with van der Waals surface area (Å²) in [5.41, 5.74) is 1.17. The fourth-order valence-corrected chi connectivity index (χ4v) is 2.85. The van der Waals surface area contributed by atoms with E-state index in [-0.39, 0.29) is 17.7 Å². The molecule has 106 valence electrons. The van der Waals surface area contributed by atoms with E-state index < -0.39 is 0 Å². The van der Waals surface area contributed by atoms with Gasteiger partial charge in [0.1, 0.15) is 0 Å². The molecule has 0 spiro atoms. The first kappa shape index (κ1) is 14.1. The summed E-state index contributed by atoms with van der Waals surface area (Å²) in [6.45, 7) is 7.45. The van der Waals surface area contributed by atoms with Crippen LogP contribution in [0.15, 0.2) is 12.4 Å². The monoisotopic (exact) mass is 264 g/mol. The summed E-state index contributed by atoms with van der Waals surface area (Å²) in [6, 6.07) is 0. The van der Waals surface area contributed by atoms with Crippen LogP contribution in [0.2, 0.25) is 0 Å². The van der Waals surface area contributed by atoms with E-state index in [2.05, 4.69) is 24.3 Å². The van der Waals surface area contributed by atoms with Crippen molar-refractivity contribution in [3.8, 4) is 0 Å². The second-order valence-electron chi connectivity index (χ2n) is 5.24. The van der Waals surface area contributed by atoms with Crippen molar-refractivity contribution >= 4 is 5.91 Å². The van der Waals surface area contributed by atoms with Crippen molar-refractivity contribution in [1.82, 2.24) is 20.0 Å². The molecule has 1 fully saturated rings. The number of nitrogens with zero attached hydrogens (tertiary/aromatic N) is 3. The van der Waals surface area contributed by atoms with E-state index >= 15 is 0 Å². The van der Waals surface area contributed by atoms with Gasteiger partial charge in [0.05, 0.1) is 12.1 Å². The van der Waals surface area contributed by atoms with E-state index in [1.807, 2.05) is 24.3 Å². The summed E-state index contributed by atoms with van der Waals surface area (Å²) >= 11 is 0. The van der Waals surface area contributed by atoms with E-state index in [4.69, 9.17) is 0 Å². The van der Waals surface area contributed by atoms with Gasteiger partial charge in [0.25, 0.3) is 0 Å². The predicted octanol–water partition coefficient (Wildman–Crippen LogP) is 0.982. The van der Waals surface area contributed by atoms with Crippen LogP contribution >= 0.6 is 0 Å². The maximum absolute atomic E-state index is 12.6. The molecule has 1 N–H and O–H groups in total. The van der Waals surface area contributed by atoms with Gasteiger partial charge in [-0.25, -0.2) is 0 Å². The Balaban J connectivity index is 2.11. The topological polar surface area (TPSA) is 50.2 Å². The average molecular weight is 264 g/mol. The Bertz CT molecular complexity index is 429. The zero-order chi connectivity index (χ0) is 13.8. The molecular formula is C14H24N4O. The predicted molar refractivity (Wildman–Crippen MR) is 74.9 cm³/mol. The van der Waals surface area contributed by atoms with Crippen molar-refractivity contribution in [3.05, 3.63) is 18.0 Å². The molecule has 2 rings (SSSR count). The molecule has 2 heterocycles. The fourth-order valence-electron chi connectivity index (χ4n) is 2.85. The van der Waals surface area contributed by atoms with Gasteiger partial charge in [-0.15, -0.1) is 0 Å². The smallest absolute Gasteiger partial charge is 0.227 e. The highest BCUT2D eigenvalue weighted by molar-refractivity contribution is 5.80. The molecule has 0 aliphatic carbocycles. The van der Waals surface area contributed by atoms with Gasteiger partial charge in [0.15, 0.2) is 0 Å². The van der Waals surface area contributed by atoms with Crippen molar-refractivity contribution in [2.24, 2.45) is 13.0 Å². The summed E-state index contributed by atoms with van der Waals surface area (Å²) in [5.74, 6) is 0.589. The Hall–Kier alpha value is -1.36. The molecule has 0 aromatic carbocycles. The van der Waals surface area contributed by atoms with Gasteiger partial charge in [0.2, 0.25) is 5.91 Å². The SMILES string of the molecule is CCCN(CC)C(=O)[C@H]1CNC[C@@H]1c1cnn(C)c1. The van der Waals surface area contributed by atoms with Crippen LogP contribution in [0.25, 0.3) is 0 Å². The number of hydrogen-bond acceptors (Lipinski definition) is 3. The lowest BCUT2D eigenvalue weighted by Crippen LogP contribution is -2.39. The van der Waals surface area contributed by atoms with E-state index in [1.54, 1.807) is 4.68 Å². The summed E-state index contributed by atoms with van der Waals surface area (Å²) in [5, 5.41) is 7.57. The van der Waals surface area contributed by atoms with Gasteiger partial charge < -0.3 is 10.2 Å².